The summed E-state index contributed by atoms with van der Waals surface area (Å²) in [6.07, 6.45) is 79.8. The van der Waals surface area contributed by atoms with Crippen molar-refractivity contribution in [2.24, 2.45) is 0 Å². The van der Waals surface area contributed by atoms with E-state index in [0.717, 1.165) is 77.0 Å². The number of rotatable bonds is 59. The van der Waals surface area contributed by atoms with Crippen molar-refractivity contribution < 1.29 is 42.1 Å². The molecule has 0 rings (SSSR count). The number of quaternary nitrogens is 1. The largest absolute Gasteiger partial charge is 0.472 e. The molecule has 9 nitrogen and oxygen atoms in total. The first kappa shape index (κ1) is 75.2. The maximum Gasteiger partial charge on any atom is 0.472 e. The molecule has 0 fully saturated rings. The Kier molecular flexibility index (Phi) is 56.7. The predicted molar refractivity (Wildman–Crippen MR) is 335 cm³/mol. The summed E-state index contributed by atoms with van der Waals surface area (Å²) >= 11 is 0. The average Bonchev–Trinajstić information content (AvgIpc) is 3.41. The Bertz CT molecular complexity index is 1590. The minimum Gasteiger partial charge on any atom is -0.462 e. The fourth-order valence-electron chi connectivity index (χ4n) is 8.96. The van der Waals surface area contributed by atoms with Crippen LogP contribution in [0.25, 0.3) is 0 Å². The molecular formula is C68H123NO8P+. The fourth-order valence-corrected chi connectivity index (χ4v) is 9.70. The highest BCUT2D eigenvalue weighted by molar-refractivity contribution is 7.47. The number of ether oxygens (including phenoxy) is 2. The molecule has 1 N–H and O–H groups in total. The second kappa shape index (κ2) is 58.8. The maximum atomic E-state index is 12.8. The van der Waals surface area contributed by atoms with Crippen LogP contribution in [0.15, 0.2) is 85.1 Å². The molecule has 0 amide bonds. The molecule has 0 aliphatic carbocycles. The molecule has 78 heavy (non-hydrogen) atoms. The monoisotopic (exact) mass is 1110 g/mol. The zero-order valence-electron chi connectivity index (χ0n) is 51.4. The van der Waals surface area contributed by atoms with Crippen LogP contribution in [0.2, 0.25) is 0 Å². The Morgan fingerprint density at radius 3 is 1.10 bits per heavy atom. The van der Waals surface area contributed by atoms with E-state index in [1.165, 1.54) is 173 Å². The Morgan fingerprint density at radius 2 is 0.731 bits per heavy atom. The molecule has 0 heterocycles. The molecule has 0 spiro atoms. The van der Waals surface area contributed by atoms with Gasteiger partial charge in [0.05, 0.1) is 27.7 Å². The molecule has 0 saturated carbocycles. The SMILES string of the molecule is CC/C=C\C/C=C\C/C=C\C/C=C\C/C=C\CCCCCC(=O)OC(COC(=O)CCCCCCCCCCCCCCCCCCCCCCCCC/C=C\C/C=C\CCCCCCC)COP(=O)(O)OCC[N+](C)(C)C. The highest BCUT2D eigenvalue weighted by Crippen LogP contribution is 2.43. The number of carbonyl (C=O) groups excluding carboxylic acids is 2. The van der Waals surface area contributed by atoms with E-state index in [1.54, 1.807) is 0 Å². The number of unbranched alkanes of at least 4 members (excludes halogenated alkanes) is 31. The zero-order chi connectivity index (χ0) is 57.0. The molecule has 2 unspecified atom stereocenters. The Balaban J connectivity index is 4.02. The Hall–Kier alpha value is -2.81. The highest BCUT2D eigenvalue weighted by Gasteiger charge is 2.27. The predicted octanol–water partition coefficient (Wildman–Crippen LogP) is 20.6. The van der Waals surface area contributed by atoms with Crippen LogP contribution in [0, 0.1) is 0 Å². The van der Waals surface area contributed by atoms with Gasteiger partial charge in [-0.1, -0.05) is 266 Å². The van der Waals surface area contributed by atoms with Crippen molar-refractivity contribution in [2.45, 2.75) is 290 Å². The summed E-state index contributed by atoms with van der Waals surface area (Å²) in [4.78, 5) is 35.7. The van der Waals surface area contributed by atoms with E-state index in [2.05, 4.69) is 98.9 Å². The second-order valence-electron chi connectivity index (χ2n) is 22.8. The van der Waals surface area contributed by atoms with Gasteiger partial charge in [0, 0.05) is 12.8 Å². The third kappa shape index (κ3) is 62.4. The normalized spacial score (nSPS) is 13.8. The first-order valence-corrected chi connectivity index (χ1v) is 33.8. The summed E-state index contributed by atoms with van der Waals surface area (Å²) in [6, 6.07) is 0. The molecule has 0 radical (unpaired) electrons. The molecule has 0 aromatic rings. The second-order valence-corrected chi connectivity index (χ2v) is 24.2. The molecule has 0 aliphatic heterocycles. The Labute approximate surface area is 481 Å². The minimum atomic E-state index is -4.40. The molecule has 452 valence electrons. The van der Waals surface area contributed by atoms with Crippen molar-refractivity contribution in [3.63, 3.8) is 0 Å². The molecule has 0 aliphatic rings. The quantitative estimate of drug-likeness (QED) is 0.0211. The average molecular weight is 1110 g/mol. The van der Waals surface area contributed by atoms with Gasteiger partial charge in [0.15, 0.2) is 6.10 Å². The van der Waals surface area contributed by atoms with E-state index in [0.29, 0.717) is 17.4 Å². The molecule has 10 heteroatoms. The third-order valence-corrected chi connectivity index (χ3v) is 14.9. The van der Waals surface area contributed by atoms with Crippen molar-refractivity contribution in [1.82, 2.24) is 0 Å². The number of likely N-dealkylation sites (N-methyl/N-ethyl adjacent to an activating group) is 1. The number of hydrogen-bond acceptors (Lipinski definition) is 7. The number of phosphoric acid groups is 1. The topological polar surface area (TPSA) is 108 Å². The number of nitrogens with zero attached hydrogens (tertiary/aromatic N) is 1. The van der Waals surface area contributed by atoms with Crippen LogP contribution in [-0.4, -0.2) is 74.9 Å². The summed E-state index contributed by atoms with van der Waals surface area (Å²) in [5.41, 5.74) is 0. The van der Waals surface area contributed by atoms with E-state index in [4.69, 9.17) is 18.5 Å². The molecule has 0 bridgehead atoms. The first-order chi connectivity index (χ1) is 38.0. The van der Waals surface area contributed by atoms with Gasteiger partial charge in [-0.05, 0) is 89.9 Å². The van der Waals surface area contributed by atoms with Crippen LogP contribution in [0.3, 0.4) is 0 Å². The lowest BCUT2D eigenvalue weighted by atomic mass is 10.0. The summed E-state index contributed by atoms with van der Waals surface area (Å²) < 4.78 is 34.6. The van der Waals surface area contributed by atoms with Gasteiger partial charge in [-0.15, -0.1) is 0 Å². The van der Waals surface area contributed by atoms with Crippen molar-refractivity contribution in [3.05, 3.63) is 85.1 Å². The zero-order valence-corrected chi connectivity index (χ0v) is 52.3. The number of hydrogen-bond donors (Lipinski definition) is 1. The maximum absolute atomic E-state index is 12.8. The summed E-state index contributed by atoms with van der Waals surface area (Å²) in [7, 11) is 1.45. The lowest BCUT2D eigenvalue weighted by Gasteiger charge is -2.24. The summed E-state index contributed by atoms with van der Waals surface area (Å²) in [5.74, 6) is -0.830. The number of allylic oxidation sites excluding steroid dienone is 14. The minimum absolute atomic E-state index is 0.0224. The van der Waals surface area contributed by atoms with Gasteiger partial charge in [0.1, 0.15) is 19.8 Å². The van der Waals surface area contributed by atoms with Crippen LogP contribution < -0.4 is 0 Å². The van der Waals surface area contributed by atoms with Crippen LogP contribution in [0.5, 0.6) is 0 Å². The number of carbonyl (C=O) groups is 2. The van der Waals surface area contributed by atoms with E-state index < -0.39 is 26.5 Å². The molecule has 0 aromatic heterocycles. The van der Waals surface area contributed by atoms with E-state index in [1.807, 2.05) is 21.1 Å². The summed E-state index contributed by atoms with van der Waals surface area (Å²) in [6.45, 7) is 4.29. The first-order valence-electron chi connectivity index (χ1n) is 32.3. The van der Waals surface area contributed by atoms with Crippen molar-refractivity contribution in [2.75, 3.05) is 47.5 Å². The molecule has 0 saturated heterocycles. The van der Waals surface area contributed by atoms with E-state index in [9.17, 15) is 19.0 Å². The van der Waals surface area contributed by atoms with Crippen LogP contribution in [0.1, 0.15) is 284 Å². The van der Waals surface area contributed by atoms with Crippen molar-refractivity contribution in [1.29, 1.82) is 0 Å². The standard InChI is InChI=1S/C68H122NO8P/c1-6-8-10-12-14-16-18-20-22-24-26-27-28-29-30-31-32-33-34-35-36-37-38-39-40-41-43-44-46-48-50-52-54-56-58-60-67(70)74-64-66(65-76-78(72,73)75-63-62-69(3,4)5)77-68(71)61-59-57-55-53-51-49-47-45-42-25-23-21-19-17-15-13-11-9-7-2/h9,11,15,17-18,20-21,23-24,26,42,45,49,51,66H,6-8,10,12-14,16,19,22,25,27-41,43-44,46-48,50,52-65H2,1-5H3/p+1/b11-9-,17-15-,20-18-,23-21-,26-24-,45-42-,51-49-. The molecule has 0 aromatic carbocycles. The van der Waals surface area contributed by atoms with Crippen LogP contribution >= 0.6 is 7.82 Å². The van der Waals surface area contributed by atoms with E-state index >= 15 is 0 Å². The lowest BCUT2D eigenvalue weighted by molar-refractivity contribution is -0.870. The summed E-state index contributed by atoms with van der Waals surface area (Å²) in [5, 5.41) is 0. The van der Waals surface area contributed by atoms with Crippen molar-refractivity contribution in [3.8, 4) is 0 Å². The number of phosphoric ester groups is 1. The Morgan fingerprint density at radius 1 is 0.410 bits per heavy atom. The fraction of sp³-hybridized carbons (Fsp3) is 0.765. The van der Waals surface area contributed by atoms with Crippen LogP contribution in [0.4, 0.5) is 0 Å². The van der Waals surface area contributed by atoms with Gasteiger partial charge in [0.25, 0.3) is 0 Å². The smallest absolute Gasteiger partial charge is 0.462 e. The van der Waals surface area contributed by atoms with Gasteiger partial charge in [-0.2, -0.15) is 0 Å². The van der Waals surface area contributed by atoms with Gasteiger partial charge < -0.3 is 18.9 Å². The van der Waals surface area contributed by atoms with Gasteiger partial charge >= 0.3 is 19.8 Å². The van der Waals surface area contributed by atoms with Gasteiger partial charge in [-0.3, -0.25) is 18.6 Å². The molecule has 2 atom stereocenters. The number of esters is 2. The third-order valence-electron chi connectivity index (χ3n) is 13.9. The lowest BCUT2D eigenvalue weighted by Crippen LogP contribution is -2.37. The molecular weight excluding hydrogens is 990 g/mol. The highest BCUT2D eigenvalue weighted by atomic mass is 31.2. The van der Waals surface area contributed by atoms with Gasteiger partial charge in [-0.25, -0.2) is 4.57 Å². The van der Waals surface area contributed by atoms with Crippen molar-refractivity contribution >= 4 is 19.8 Å². The van der Waals surface area contributed by atoms with Gasteiger partial charge in [0.2, 0.25) is 0 Å². The van der Waals surface area contributed by atoms with Crippen LogP contribution in [-0.2, 0) is 32.7 Å². The van der Waals surface area contributed by atoms with E-state index in [-0.39, 0.29) is 32.0 Å².